The molecule has 0 fully saturated rings. The number of aromatic nitrogens is 3. The van der Waals surface area contributed by atoms with Crippen LogP contribution in [0.2, 0.25) is 0 Å². The van der Waals surface area contributed by atoms with E-state index in [0.29, 0.717) is 6.42 Å². The highest BCUT2D eigenvalue weighted by atomic mass is 32.2. The van der Waals surface area contributed by atoms with Gasteiger partial charge in [-0.05, 0) is 27.2 Å². The molecular weight excluding hydrogens is 226 g/mol. The lowest BCUT2D eigenvalue weighted by Crippen LogP contribution is -2.23. The minimum Gasteiger partial charge on any atom is -0.460 e. The molecule has 0 amide bonds. The molecule has 16 heavy (non-hydrogen) atoms. The van der Waals surface area contributed by atoms with E-state index in [1.165, 1.54) is 6.33 Å². The van der Waals surface area contributed by atoms with Crippen LogP contribution in [-0.4, -0.2) is 32.5 Å². The quantitative estimate of drug-likeness (QED) is 0.487. The highest BCUT2D eigenvalue weighted by Gasteiger charge is 2.15. The molecule has 0 aromatic carbocycles. The molecule has 0 unspecified atom stereocenters. The van der Waals surface area contributed by atoms with Gasteiger partial charge in [0.1, 0.15) is 11.9 Å². The third kappa shape index (κ3) is 5.75. The van der Waals surface area contributed by atoms with Gasteiger partial charge in [0.15, 0.2) is 5.16 Å². The number of rotatable bonds is 5. The van der Waals surface area contributed by atoms with Crippen molar-refractivity contribution in [1.29, 1.82) is 0 Å². The van der Waals surface area contributed by atoms with Crippen LogP contribution < -0.4 is 0 Å². The fourth-order valence-corrected chi connectivity index (χ4v) is 1.76. The first-order valence-corrected chi connectivity index (χ1v) is 6.16. The molecule has 0 aliphatic carbocycles. The maximum Gasteiger partial charge on any atom is 0.306 e. The van der Waals surface area contributed by atoms with E-state index in [2.05, 4.69) is 15.2 Å². The molecule has 1 aromatic heterocycles. The predicted molar refractivity (Wildman–Crippen MR) is 62.2 cm³/mol. The van der Waals surface area contributed by atoms with E-state index >= 15 is 0 Å². The number of esters is 1. The van der Waals surface area contributed by atoms with E-state index in [-0.39, 0.29) is 5.97 Å². The Hall–Kier alpha value is -1.04. The van der Waals surface area contributed by atoms with Gasteiger partial charge in [-0.25, -0.2) is 4.98 Å². The summed E-state index contributed by atoms with van der Waals surface area (Å²) in [6.45, 7) is 5.61. The average Bonchev–Trinajstić information content (AvgIpc) is 2.62. The fraction of sp³-hybridized carbons (Fsp3) is 0.700. The lowest BCUT2D eigenvalue weighted by molar-refractivity contribution is -0.154. The minimum atomic E-state index is -0.394. The van der Waals surface area contributed by atoms with E-state index in [1.807, 2.05) is 20.8 Å². The Kier molecular flexibility index (Phi) is 4.79. The molecule has 0 spiro atoms. The molecule has 0 radical (unpaired) electrons. The molecule has 0 saturated heterocycles. The summed E-state index contributed by atoms with van der Waals surface area (Å²) in [4.78, 5) is 15.3. The summed E-state index contributed by atoms with van der Waals surface area (Å²) in [5, 5.41) is 7.27. The van der Waals surface area contributed by atoms with Crippen molar-refractivity contribution in [3.63, 3.8) is 0 Å². The van der Waals surface area contributed by atoms with Crippen LogP contribution >= 0.6 is 11.8 Å². The summed E-state index contributed by atoms with van der Waals surface area (Å²) < 4.78 is 5.19. The summed E-state index contributed by atoms with van der Waals surface area (Å²) >= 11 is 1.55. The van der Waals surface area contributed by atoms with Gasteiger partial charge in [0.2, 0.25) is 0 Å². The minimum absolute atomic E-state index is 0.148. The van der Waals surface area contributed by atoms with Gasteiger partial charge in [-0.15, -0.1) is 0 Å². The van der Waals surface area contributed by atoms with Gasteiger partial charge in [-0.1, -0.05) is 11.8 Å². The van der Waals surface area contributed by atoms with Crippen molar-refractivity contribution in [2.45, 2.75) is 44.4 Å². The maximum absolute atomic E-state index is 11.4. The monoisotopic (exact) mass is 243 g/mol. The Morgan fingerprint density at radius 3 is 2.88 bits per heavy atom. The van der Waals surface area contributed by atoms with E-state index in [1.54, 1.807) is 11.8 Å². The normalized spacial score (nSPS) is 11.4. The van der Waals surface area contributed by atoms with Gasteiger partial charge in [0.05, 0.1) is 0 Å². The Morgan fingerprint density at radius 1 is 1.56 bits per heavy atom. The summed E-state index contributed by atoms with van der Waals surface area (Å²) in [5.41, 5.74) is -0.394. The number of carbonyl (C=O) groups excluding carboxylic acids is 1. The van der Waals surface area contributed by atoms with Crippen LogP contribution in [0, 0.1) is 0 Å². The van der Waals surface area contributed by atoms with Crippen LogP contribution in [0.5, 0.6) is 0 Å². The van der Waals surface area contributed by atoms with Crippen molar-refractivity contribution < 1.29 is 9.53 Å². The summed E-state index contributed by atoms with van der Waals surface area (Å²) in [6.07, 6.45) is 2.69. The first-order chi connectivity index (χ1) is 7.47. The summed E-state index contributed by atoms with van der Waals surface area (Å²) in [6, 6.07) is 0. The van der Waals surface area contributed by atoms with Crippen molar-refractivity contribution in [3.8, 4) is 0 Å². The molecule has 0 bridgehead atoms. The molecule has 6 heteroatoms. The zero-order valence-corrected chi connectivity index (χ0v) is 10.6. The molecular formula is C10H17N3O2S. The predicted octanol–water partition coefficient (Wildman–Crippen LogP) is 2.02. The Morgan fingerprint density at radius 2 is 2.31 bits per heavy atom. The number of hydrogen-bond donors (Lipinski definition) is 1. The summed E-state index contributed by atoms with van der Waals surface area (Å²) in [7, 11) is 0. The van der Waals surface area contributed by atoms with Gasteiger partial charge in [-0.3, -0.25) is 9.89 Å². The van der Waals surface area contributed by atoms with Crippen LogP contribution in [0.3, 0.4) is 0 Å². The topological polar surface area (TPSA) is 67.9 Å². The van der Waals surface area contributed by atoms with Gasteiger partial charge < -0.3 is 4.74 Å². The highest BCUT2D eigenvalue weighted by Crippen LogP contribution is 2.14. The zero-order valence-electron chi connectivity index (χ0n) is 9.82. The fourth-order valence-electron chi connectivity index (χ4n) is 1.04. The SMILES string of the molecule is CC(C)(C)OC(=O)CCCSc1ncn[nH]1. The third-order valence-corrected chi connectivity index (χ3v) is 2.54. The van der Waals surface area contributed by atoms with Gasteiger partial charge in [0.25, 0.3) is 0 Å². The number of hydrogen-bond acceptors (Lipinski definition) is 5. The molecule has 0 atom stereocenters. The average molecular weight is 243 g/mol. The highest BCUT2D eigenvalue weighted by molar-refractivity contribution is 7.99. The van der Waals surface area contributed by atoms with Crippen LogP contribution in [0.1, 0.15) is 33.6 Å². The number of ether oxygens (including phenoxy) is 1. The lowest BCUT2D eigenvalue weighted by Gasteiger charge is -2.19. The van der Waals surface area contributed by atoms with E-state index in [0.717, 1.165) is 17.3 Å². The molecule has 0 aliphatic heterocycles. The second kappa shape index (κ2) is 5.89. The number of thioether (sulfide) groups is 1. The lowest BCUT2D eigenvalue weighted by atomic mass is 10.2. The largest absolute Gasteiger partial charge is 0.460 e. The zero-order chi connectivity index (χ0) is 12.0. The van der Waals surface area contributed by atoms with Crippen molar-refractivity contribution in [2.24, 2.45) is 0 Å². The van der Waals surface area contributed by atoms with Gasteiger partial charge in [-0.2, -0.15) is 5.10 Å². The molecule has 1 heterocycles. The first-order valence-electron chi connectivity index (χ1n) is 5.17. The molecule has 90 valence electrons. The number of aromatic amines is 1. The van der Waals surface area contributed by atoms with E-state index < -0.39 is 5.60 Å². The Bertz CT molecular complexity index is 319. The van der Waals surface area contributed by atoms with Crippen LogP contribution in [0.25, 0.3) is 0 Å². The van der Waals surface area contributed by atoms with Crippen molar-refractivity contribution >= 4 is 17.7 Å². The smallest absolute Gasteiger partial charge is 0.306 e. The molecule has 1 rings (SSSR count). The second-order valence-corrected chi connectivity index (χ2v) is 5.41. The van der Waals surface area contributed by atoms with Crippen molar-refractivity contribution in [1.82, 2.24) is 15.2 Å². The Labute approximate surface area is 99.4 Å². The third-order valence-electron chi connectivity index (χ3n) is 1.58. The van der Waals surface area contributed by atoms with Crippen LogP contribution in [-0.2, 0) is 9.53 Å². The molecule has 1 N–H and O–H groups in total. The first kappa shape index (κ1) is 13.0. The molecule has 0 aliphatic rings. The van der Waals surface area contributed by atoms with E-state index in [9.17, 15) is 4.79 Å². The Balaban J connectivity index is 2.09. The van der Waals surface area contributed by atoms with Gasteiger partial charge in [0, 0.05) is 12.2 Å². The number of nitrogens with zero attached hydrogens (tertiary/aromatic N) is 2. The van der Waals surface area contributed by atoms with E-state index in [4.69, 9.17) is 4.74 Å². The maximum atomic E-state index is 11.4. The van der Waals surface area contributed by atoms with Crippen LogP contribution in [0.15, 0.2) is 11.5 Å². The summed E-state index contributed by atoms with van der Waals surface area (Å²) in [5.74, 6) is 0.680. The molecule has 5 nitrogen and oxygen atoms in total. The number of nitrogens with one attached hydrogen (secondary N) is 1. The van der Waals surface area contributed by atoms with Gasteiger partial charge >= 0.3 is 5.97 Å². The van der Waals surface area contributed by atoms with Crippen LogP contribution in [0.4, 0.5) is 0 Å². The molecule has 1 aromatic rings. The van der Waals surface area contributed by atoms with Crippen molar-refractivity contribution in [2.75, 3.05) is 5.75 Å². The second-order valence-electron chi connectivity index (χ2n) is 4.33. The number of carbonyl (C=O) groups is 1. The standard InChI is InChI=1S/C10H17N3O2S/c1-10(2,3)15-8(14)5-4-6-16-9-11-7-12-13-9/h7H,4-6H2,1-3H3,(H,11,12,13). The molecule has 0 saturated carbocycles. The van der Waals surface area contributed by atoms with Crippen molar-refractivity contribution in [3.05, 3.63) is 6.33 Å². The number of H-pyrrole nitrogens is 1.